The topological polar surface area (TPSA) is 81.2 Å². The molecule has 84 valence electrons. The minimum absolute atomic E-state index is 0.185. The van der Waals surface area contributed by atoms with E-state index in [4.69, 9.17) is 5.84 Å². The van der Waals surface area contributed by atoms with E-state index in [1.54, 1.807) is 24.5 Å². The van der Waals surface area contributed by atoms with Crippen LogP contribution in [-0.4, -0.2) is 22.0 Å². The van der Waals surface area contributed by atoms with Crippen molar-refractivity contribution in [3.63, 3.8) is 0 Å². The molecule has 5 nitrogen and oxygen atoms in total. The number of aromatic nitrogens is 2. The second-order valence-corrected chi connectivity index (χ2v) is 3.28. The van der Waals surface area contributed by atoms with Crippen LogP contribution in [0.3, 0.4) is 0 Å². The van der Waals surface area contributed by atoms with E-state index in [2.05, 4.69) is 15.1 Å². The molecule has 2 aromatic rings. The lowest BCUT2D eigenvalue weighted by Gasteiger charge is -2.02. The van der Waals surface area contributed by atoms with Gasteiger partial charge in [0.1, 0.15) is 5.71 Å². The standard InChI is InChI=1S/C12H10N4O/c13-16-12(8-17)9-4-6-15-11(7-9)10-3-1-2-5-14-10/h1-8H,13H2/b16-12+. The first kappa shape index (κ1) is 10.9. The number of pyridine rings is 2. The first-order valence-electron chi connectivity index (χ1n) is 4.96. The Bertz CT molecular complexity index is 551. The van der Waals surface area contributed by atoms with Crippen molar-refractivity contribution in [3.05, 3.63) is 48.3 Å². The zero-order chi connectivity index (χ0) is 12.1. The number of carbonyl (C=O) groups is 1. The summed E-state index contributed by atoms with van der Waals surface area (Å²) < 4.78 is 0. The van der Waals surface area contributed by atoms with Crippen molar-refractivity contribution >= 4 is 12.0 Å². The molecule has 2 rings (SSSR count). The smallest absolute Gasteiger partial charge is 0.170 e. The van der Waals surface area contributed by atoms with E-state index in [9.17, 15) is 4.79 Å². The van der Waals surface area contributed by atoms with Crippen molar-refractivity contribution < 1.29 is 4.79 Å². The van der Waals surface area contributed by atoms with Gasteiger partial charge in [0.2, 0.25) is 0 Å². The molecule has 2 heterocycles. The molecule has 0 aliphatic rings. The van der Waals surface area contributed by atoms with Crippen molar-refractivity contribution in [2.24, 2.45) is 10.9 Å². The molecule has 0 aliphatic heterocycles. The highest BCUT2D eigenvalue weighted by molar-refractivity contribution is 6.36. The van der Waals surface area contributed by atoms with Gasteiger partial charge in [-0.25, -0.2) is 0 Å². The number of hydrogen-bond donors (Lipinski definition) is 1. The van der Waals surface area contributed by atoms with Gasteiger partial charge in [-0.2, -0.15) is 5.10 Å². The summed E-state index contributed by atoms with van der Waals surface area (Å²) in [4.78, 5) is 19.1. The molecular weight excluding hydrogens is 216 g/mol. The average molecular weight is 226 g/mol. The van der Waals surface area contributed by atoms with Crippen LogP contribution in [0.25, 0.3) is 11.4 Å². The monoisotopic (exact) mass is 226 g/mol. The predicted octanol–water partition coefficient (Wildman–Crippen LogP) is 1.01. The molecule has 0 amide bonds. The van der Waals surface area contributed by atoms with E-state index in [-0.39, 0.29) is 5.71 Å². The highest BCUT2D eigenvalue weighted by Gasteiger charge is 2.05. The quantitative estimate of drug-likeness (QED) is 0.366. The molecule has 0 saturated carbocycles. The summed E-state index contributed by atoms with van der Waals surface area (Å²) in [5.41, 5.74) is 2.21. The maximum absolute atomic E-state index is 10.7. The molecule has 0 bridgehead atoms. The van der Waals surface area contributed by atoms with Gasteiger partial charge < -0.3 is 5.84 Å². The van der Waals surface area contributed by atoms with Crippen LogP contribution in [-0.2, 0) is 4.79 Å². The van der Waals surface area contributed by atoms with Gasteiger partial charge in [-0.05, 0) is 24.3 Å². The van der Waals surface area contributed by atoms with Gasteiger partial charge in [0.05, 0.1) is 11.4 Å². The summed E-state index contributed by atoms with van der Waals surface area (Å²) in [6, 6.07) is 8.93. The van der Waals surface area contributed by atoms with Gasteiger partial charge in [-0.15, -0.1) is 0 Å². The molecule has 0 saturated heterocycles. The Morgan fingerprint density at radius 2 is 2.00 bits per heavy atom. The SMILES string of the molecule is N/N=C(\C=O)c1ccnc(-c2ccccn2)c1. The Labute approximate surface area is 98.0 Å². The Morgan fingerprint density at radius 3 is 2.65 bits per heavy atom. The molecule has 2 N–H and O–H groups in total. The largest absolute Gasteiger partial charge is 0.323 e. The number of aldehydes is 1. The number of nitrogens with two attached hydrogens (primary N) is 1. The van der Waals surface area contributed by atoms with Crippen LogP contribution in [0.5, 0.6) is 0 Å². The lowest BCUT2D eigenvalue weighted by atomic mass is 10.1. The first-order valence-corrected chi connectivity index (χ1v) is 4.96. The lowest BCUT2D eigenvalue weighted by molar-refractivity contribution is -0.102. The normalized spacial score (nSPS) is 11.2. The minimum Gasteiger partial charge on any atom is -0.323 e. The third-order valence-electron chi connectivity index (χ3n) is 2.23. The fraction of sp³-hybridized carbons (Fsp3) is 0. The molecule has 0 atom stereocenters. The number of nitrogens with zero attached hydrogens (tertiary/aromatic N) is 3. The third kappa shape index (κ3) is 2.34. The number of hydrazone groups is 1. The summed E-state index contributed by atoms with van der Waals surface area (Å²) in [5, 5.41) is 3.41. The molecule has 0 unspecified atom stereocenters. The van der Waals surface area contributed by atoms with E-state index in [1.165, 1.54) is 0 Å². The van der Waals surface area contributed by atoms with Crippen LogP contribution in [0.2, 0.25) is 0 Å². The lowest BCUT2D eigenvalue weighted by Crippen LogP contribution is -2.06. The second-order valence-electron chi connectivity index (χ2n) is 3.28. The second kappa shape index (κ2) is 4.98. The maximum atomic E-state index is 10.7. The summed E-state index contributed by atoms with van der Waals surface area (Å²) >= 11 is 0. The highest BCUT2D eigenvalue weighted by atomic mass is 16.1. The molecule has 17 heavy (non-hydrogen) atoms. The first-order chi connectivity index (χ1) is 8.35. The molecule has 0 fully saturated rings. The summed E-state index contributed by atoms with van der Waals surface area (Å²) in [5.74, 6) is 5.12. The zero-order valence-electron chi connectivity index (χ0n) is 8.95. The number of rotatable bonds is 3. The average Bonchev–Trinajstić information content (AvgIpc) is 2.42. The number of carbonyl (C=O) groups excluding carboxylic acids is 1. The molecular formula is C12H10N4O. The van der Waals surface area contributed by atoms with Gasteiger partial charge >= 0.3 is 0 Å². The van der Waals surface area contributed by atoms with Crippen molar-refractivity contribution in [1.29, 1.82) is 0 Å². The molecule has 0 radical (unpaired) electrons. The van der Waals surface area contributed by atoms with Gasteiger partial charge in [-0.1, -0.05) is 6.07 Å². The molecule has 2 aromatic heterocycles. The van der Waals surface area contributed by atoms with E-state index in [0.717, 1.165) is 5.69 Å². The van der Waals surface area contributed by atoms with Crippen LogP contribution < -0.4 is 5.84 Å². The van der Waals surface area contributed by atoms with Crippen LogP contribution in [0, 0.1) is 0 Å². The Hall–Kier alpha value is -2.56. The van der Waals surface area contributed by atoms with Gasteiger partial charge in [-0.3, -0.25) is 14.8 Å². The fourth-order valence-corrected chi connectivity index (χ4v) is 1.42. The Balaban J connectivity index is 2.45. The van der Waals surface area contributed by atoms with Gasteiger partial charge in [0, 0.05) is 18.0 Å². The van der Waals surface area contributed by atoms with Crippen LogP contribution in [0.15, 0.2) is 47.8 Å². The highest BCUT2D eigenvalue weighted by Crippen LogP contribution is 2.14. The van der Waals surface area contributed by atoms with E-state index < -0.39 is 0 Å². The van der Waals surface area contributed by atoms with Crippen molar-refractivity contribution in [2.75, 3.05) is 0 Å². The summed E-state index contributed by atoms with van der Waals surface area (Å²) in [7, 11) is 0. The summed E-state index contributed by atoms with van der Waals surface area (Å²) in [6.07, 6.45) is 3.88. The van der Waals surface area contributed by atoms with Crippen molar-refractivity contribution in [2.45, 2.75) is 0 Å². The number of hydrogen-bond acceptors (Lipinski definition) is 5. The Morgan fingerprint density at radius 1 is 1.18 bits per heavy atom. The fourth-order valence-electron chi connectivity index (χ4n) is 1.42. The van der Waals surface area contributed by atoms with E-state index in [1.807, 2.05) is 18.2 Å². The van der Waals surface area contributed by atoms with E-state index in [0.29, 0.717) is 17.5 Å². The van der Waals surface area contributed by atoms with Crippen molar-refractivity contribution in [1.82, 2.24) is 9.97 Å². The van der Waals surface area contributed by atoms with Crippen molar-refractivity contribution in [3.8, 4) is 11.4 Å². The van der Waals surface area contributed by atoms with E-state index >= 15 is 0 Å². The molecule has 0 spiro atoms. The minimum atomic E-state index is 0.185. The Kier molecular flexibility index (Phi) is 3.20. The van der Waals surface area contributed by atoms with Gasteiger partial charge in [0.25, 0.3) is 0 Å². The van der Waals surface area contributed by atoms with Crippen LogP contribution >= 0.6 is 0 Å². The third-order valence-corrected chi connectivity index (χ3v) is 2.23. The molecule has 0 aliphatic carbocycles. The summed E-state index contributed by atoms with van der Waals surface area (Å²) in [6.45, 7) is 0. The van der Waals surface area contributed by atoms with Crippen LogP contribution in [0.1, 0.15) is 5.56 Å². The van der Waals surface area contributed by atoms with Gasteiger partial charge in [0.15, 0.2) is 6.29 Å². The maximum Gasteiger partial charge on any atom is 0.170 e. The molecule has 5 heteroatoms. The molecule has 0 aromatic carbocycles. The van der Waals surface area contributed by atoms with Crippen LogP contribution in [0.4, 0.5) is 0 Å². The zero-order valence-corrected chi connectivity index (χ0v) is 8.95. The predicted molar refractivity (Wildman–Crippen MR) is 64.3 cm³/mol.